The van der Waals surface area contributed by atoms with Crippen molar-refractivity contribution in [2.75, 3.05) is 0 Å². The normalized spacial score (nSPS) is 12.9. The molecular weight excluding hydrogens is 338 g/mol. The maximum absolute atomic E-state index is 12.6. The van der Waals surface area contributed by atoms with Gasteiger partial charge in [-0.15, -0.1) is 0 Å². The first-order valence-corrected chi connectivity index (χ1v) is 9.17. The van der Waals surface area contributed by atoms with E-state index in [2.05, 4.69) is 0 Å². The van der Waals surface area contributed by atoms with Gasteiger partial charge in [-0.3, -0.25) is 4.79 Å². The van der Waals surface area contributed by atoms with Crippen LogP contribution in [0.2, 0.25) is 0 Å². The van der Waals surface area contributed by atoms with E-state index in [1.165, 1.54) is 0 Å². The van der Waals surface area contributed by atoms with E-state index >= 15 is 0 Å². The van der Waals surface area contributed by atoms with Crippen LogP contribution in [-0.4, -0.2) is 16.1 Å². The van der Waals surface area contributed by atoms with Gasteiger partial charge in [0.15, 0.2) is 0 Å². The van der Waals surface area contributed by atoms with Gasteiger partial charge in [0.25, 0.3) is 0 Å². The highest BCUT2D eigenvalue weighted by Gasteiger charge is 2.37. The Kier molecular flexibility index (Phi) is 5.08. The Hall–Kier alpha value is -2.49. The summed E-state index contributed by atoms with van der Waals surface area (Å²) >= 11 is 0. The third-order valence-corrected chi connectivity index (χ3v) is 5.26. The summed E-state index contributed by atoms with van der Waals surface area (Å²) < 4.78 is 0. The molecule has 0 radical (unpaired) electrons. The van der Waals surface area contributed by atoms with Crippen LogP contribution in [0.1, 0.15) is 70.7 Å². The second-order valence-electron chi connectivity index (χ2n) is 9.45. The number of aromatic hydroxyl groups is 2. The minimum atomic E-state index is -1.10. The first-order chi connectivity index (χ1) is 12.2. The lowest BCUT2D eigenvalue weighted by atomic mass is 9.72. The fraction of sp³-hybridized carbons (Fsp3) is 0.435. The fourth-order valence-corrected chi connectivity index (χ4v) is 3.35. The molecule has 146 valence electrons. The average Bonchev–Trinajstić information content (AvgIpc) is 2.52. The van der Waals surface area contributed by atoms with Gasteiger partial charge in [-0.1, -0.05) is 65.8 Å². The van der Waals surface area contributed by atoms with E-state index < -0.39 is 11.3 Å². The molecule has 0 aliphatic carbocycles. The maximum atomic E-state index is 12.6. The quantitative estimate of drug-likeness (QED) is 0.745. The Morgan fingerprint density at radius 2 is 1.07 bits per heavy atom. The molecule has 0 aliphatic rings. The molecule has 0 saturated heterocycles. The summed E-state index contributed by atoms with van der Waals surface area (Å²) in [5, 5.41) is 20.6. The summed E-state index contributed by atoms with van der Waals surface area (Å²) in [6.45, 7) is 13.8. The Labute approximate surface area is 162 Å². The van der Waals surface area contributed by atoms with Gasteiger partial charge in [-0.25, -0.2) is 0 Å². The van der Waals surface area contributed by atoms with Gasteiger partial charge in [0.2, 0.25) is 5.91 Å². The molecule has 0 spiro atoms. The van der Waals surface area contributed by atoms with Crippen LogP contribution in [0.4, 0.5) is 0 Å². The predicted octanol–water partition coefficient (Wildman–Crippen LogP) is 4.48. The van der Waals surface area contributed by atoms with Crippen molar-refractivity contribution in [2.24, 2.45) is 5.73 Å². The molecular formula is C23H31NO3. The minimum Gasteiger partial charge on any atom is -0.508 e. The second-order valence-corrected chi connectivity index (χ2v) is 9.45. The summed E-state index contributed by atoms with van der Waals surface area (Å²) in [5.74, 6) is -0.100. The number of carbonyl (C=O) groups excluding carboxylic acids is 1. The van der Waals surface area contributed by atoms with E-state index in [4.69, 9.17) is 5.73 Å². The number of hydrogen-bond acceptors (Lipinski definition) is 3. The third-order valence-electron chi connectivity index (χ3n) is 5.26. The maximum Gasteiger partial charge on any atom is 0.232 e. The van der Waals surface area contributed by atoms with Crippen LogP contribution in [0.15, 0.2) is 36.4 Å². The van der Waals surface area contributed by atoms with Gasteiger partial charge >= 0.3 is 0 Å². The molecule has 0 saturated carbocycles. The second kappa shape index (κ2) is 6.59. The van der Waals surface area contributed by atoms with E-state index in [1.807, 2.05) is 53.7 Å². The highest BCUT2D eigenvalue weighted by atomic mass is 16.3. The molecule has 2 aromatic rings. The van der Waals surface area contributed by atoms with E-state index in [1.54, 1.807) is 31.2 Å². The van der Waals surface area contributed by atoms with Crippen molar-refractivity contribution in [3.8, 4) is 11.5 Å². The molecule has 0 unspecified atom stereocenters. The molecule has 27 heavy (non-hydrogen) atoms. The SMILES string of the molecule is CC(C)(C)c1cc(C(C)(C(N)=O)c2ccc(O)c(C(C)(C)C)c2)ccc1O. The van der Waals surface area contributed by atoms with Crippen molar-refractivity contribution in [2.45, 2.75) is 64.7 Å². The molecule has 0 heterocycles. The van der Waals surface area contributed by atoms with Gasteiger partial charge < -0.3 is 15.9 Å². The molecule has 2 aromatic carbocycles. The molecule has 2 rings (SSSR count). The van der Waals surface area contributed by atoms with Crippen molar-refractivity contribution in [3.63, 3.8) is 0 Å². The molecule has 0 aliphatic heterocycles. The highest BCUT2D eigenvalue weighted by Crippen LogP contribution is 2.40. The van der Waals surface area contributed by atoms with E-state index in [0.29, 0.717) is 11.1 Å². The summed E-state index contributed by atoms with van der Waals surface area (Å²) in [6, 6.07) is 10.4. The first-order valence-electron chi connectivity index (χ1n) is 9.17. The van der Waals surface area contributed by atoms with Crippen LogP contribution in [-0.2, 0) is 21.0 Å². The van der Waals surface area contributed by atoms with Crippen LogP contribution in [0, 0.1) is 0 Å². The largest absolute Gasteiger partial charge is 0.508 e. The molecule has 0 fully saturated rings. The van der Waals surface area contributed by atoms with Gasteiger partial charge in [-0.05, 0) is 52.1 Å². The Balaban J connectivity index is 2.76. The van der Waals surface area contributed by atoms with Crippen molar-refractivity contribution < 1.29 is 15.0 Å². The van der Waals surface area contributed by atoms with Crippen LogP contribution >= 0.6 is 0 Å². The first kappa shape index (κ1) is 20.8. The van der Waals surface area contributed by atoms with E-state index in [-0.39, 0.29) is 22.3 Å². The number of primary amides is 1. The molecule has 4 N–H and O–H groups in total. The molecule has 0 bridgehead atoms. The number of nitrogens with two attached hydrogens (primary N) is 1. The van der Waals surface area contributed by atoms with Gasteiger partial charge in [0.1, 0.15) is 11.5 Å². The number of phenolic OH excluding ortho intramolecular Hbond substituents is 2. The van der Waals surface area contributed by atoms with Gasteiger partial charge in [-0.2, -0.15) is 0 Å². The number of phenols is 2. The Morgan fingerprint density at radius 3 is 1.33 bits per heavy atom. The number of hydrogen-bond donors (Lipinski definition) is 3. The zero-order chi connectivity index (χ0) is 20.8. The lowest BCUT2D eigenvalue weighted by Gasteiger charge is -2.31. The minimum absolute atomic E-state index is 0.194. The number of rotatable bonds is 3. The van der Waals surface area contributed by atoms with Crippen LogP contribution in [0.3, 0.4) is 0 Å². The van der Waals surface area contributed by atoms with Crippen molar-refractivity contribution in [1.29, 1.82) is 0 Å². The average molecular weight is 370 g/mol. The lowest BCUT2D eigenvalue weighted by molar-refractivity contribution is -0.121. The summed E-state index contributed by atoms with van der Waals surface area (Å²) in [7, 11) is 0. The van der Waals surface area contributed by atoms with Crippen molar-refractivity contribution in [1.82, 2.24) is 0 Å². The predicted molar refractivity (Wildman–Crippen MR) is 109 cm³/mol. The zero-order valence-corrected chi connectivity index (χ0v) is 17.3. The van der Waals surface area contributed by atoms with Gasteiger partial charge in [0.05, 0.1) is 5.41 Å². The fourth-order valence-electron chi connectivity index (χ4n) is 3.35. The lowest BCUT2D eigenvalue weighted by Crippen LogP contribution is -2.40. The number of amides is 1. The summed E-state index contributed by atoms with van der Waals surface area (Å²) in [6.07, 6.45) is 0. The third kappa shape index (κ3) is 3.80. The van der Waals surface area contributed by atoms with E-state index in [9.17, 15) is 15.0 Å². The van der Waals surface area contributed by atoms with Crippen molar-refractivity contribution in [3.05, 3.63) is 58.7 Å². The van der Waals surface area contributed by atoms with E-state index in [0.717, 1.165) is 11.1 Å². The number of benzene rings is 2. The molecule has 0 atom stereocenters. The van der Waals surface area contributed by atoms with Crippen molar-refractivity contribution >= 4 is 5.91 Å². The monoisotopic (exact) mass is 369 g/mol. The molecule has 4 heteroatoms. The van der Waals surface area contributed by atoms with Gasteiger partial charge in [0, 0.05) is 0 Å². The topological polar surface area (TPSA) is 83.6 Å². The van der Waals surface area contributed by atoms with Crippen LogP contribution in [0.5, 0.6) is 11.5 Å². The molecule has 0 aromatic heterocycles. The summed E-state index contributed by atoms with van der Waals surface area (Å²) in [4.78, 5) is 12.6. The Bertz CT molecular complexity index is 807. The van der Waals surface area contributed by atoms with Crippen LogP contribution < -0.4 is 5.73 Å². The zero-order valence-electron chi connectivity index (χ0n) is 17.3. The highest BCUT2D eigenvalue weighted by molar-refractivity contribution is 5.90. The summed E-state index contributed by atoms with van der Waals surface area (Å²) in [5.41, 5.74) is 7.12. The number of carbonyl (C=O) groups is 1. The Morgan fingerprint density at radius 1 is 0.741 bits per heavy atom. The standard InChI is InChI=1S/C23H31NO3/c1-21(2,3)16-12-14(8-10-18(16)25)23(7,20(24)27)15-9-11-19(26)17(13-15)22(4,5)6/h8-13,25-26H,1-7H3,(H2,24,27). The smallest absolute Gasteiger partial charge is 0.232 e. The molecule has 4 nitrogen and oxygen atoms in total. The van der Waals surface area contributed by atoms with Crippen LogP contribution in [0.25, 0.3) is 0 Å². The molecule has 1 amide bonds.